The van der Waals surface area contributed by atoms with Crippen LogP contribution in [0, 0.1) is 0 Å². The zero-order valence-electron chi connectivity index (χ0n) is 9.42. The van der Waals surface area contributed by atoms with E-state index in [9.17, 15) is 14.7 Å². The van der Waals surface area contributed by atoms with Gasteiger partial charge >= 0.3 is 5.97 Å². The van der Waals surface area contributed by atoms with Gasteiger partial charge in [0.25, 0.3) is 0 Å². The van der Waals surface area contributed by atoms with Gasteiger partial charge in [-0.2, -0.15) is 0 Å². The van der Waals surface area contributed by atoms with Gasteiger partial charge in [0.2, 0.25) is 6.41 Å². The first-order valence-corrected chi connectivity index (χ1v) is 5.20. The number of carboxylic acids is 1. The van der Waals surface area contributed by atoms with Crippen LogP contribution < -0.4 is 0 Å². The quantitative estimate of drug-likeness (QED) is 0.778. The number of nitrogens with zero attached hydrogens (tertiary/aromatic N) is 1. The fourth-order valence-electron chi connectivity index (χ4n) is 2.15. The first-order chi connectivity index (χ1) is 8.13. The number of ether oxygens (including phenoxy) is 1. The highest BCUT2D eigenvalue weighted by Gasteiger charge is 2.47. The van der Waals surface area contributed by atoms with Crippen LogP contribution in [0.4, 0.5) is 0 Å². The molecule has 0 fully saturated rings. The molecular formula is C12H13NO4. The average molecular weight is 235 g/mol. The van der Waals surface area contributed by atoms with Crippen LogP contribution in [0.2, 0.25) is 0 Å². The second-order valence-corrected chi connectivity index (χ2v) is 4.03. The normalized spacial score (nSPS) is 22.6. The first-order valence-electron chi connectivity index (χ1n) is 5.20. The highest BCUT2D eigenvalue weighted by molar-refractivity contribution is 5.84. The number of rotatable bonds is 3. The zero-order valence-corrected chi connectivity index (χ0v) is 9.42. The Balaban J connectivity index is 2.63. The Morgan fingerprint density at radius 2 is 2.24 bits per heavy atom. The molecule has 1 aromatic rings. The molecule has 0 aliphatic carbocycles. The number of hydrogen-bond acceptors (Lipinski definition) is 3. The lowest BCUT2D eigenvalue weighted by Crippen LogP contribution is -2.55. The Hall–Kier alpha value is -1.88. The lowest BCUT2D eigenvalue weighted by atomic mass is 9.84. The van der Waals surface area contributed by atoms with Crippen molar-refractivity contribution in [3.05, 3.63) is 35.4 Å². The van der Waals surface area contributed by atoms with Crippen molar-refractivity contribution in [2.75, 3.05) is 13.7 Å². The number of aliphatic carboxylic acids is 1. The van der Waals surface area contributed by atoms with Crippen LogP contribution in [-0.2, 0) is 26.5 Å². The van der Waals surface area contributed by atoms with Gasteiger partial charge in [-0.1, -0.05) is 24.3 Å². The minimum absolute atomic E-state index is 0.0331. The van der Waals surface area contributed by atoms with E-state index in [4.69, 9.17) is 4.74 Å². The van der Waals surface area contributed by atoms with Crippen LogP contribution in [0.3, 0.4) is 0 Å². The van der Waals surface area contributed by atoms with E-state index < -0.39 is 11.5 Å². The fraction of sp³-hybridized carbons (Fsp3) is 0.333. The van der Waals surface area contributed by atoms with Crippen molar-refractivity contribution in [3.8, 4) is 0 Å². The standard InChI is InChI=1S/C12H13NO4/c1-13(8-14)12(11(15)16)7-17-6-9-4-2-3-5-10(9)12/h2-5,8H,6-7H2,1H3,(H,15,16). The third-order valence-electron chi connectivity index (χ3n) is 3.15. The molecule has 0 aromatic heterocycles. The molecule has 0 bridgehead atoms. The van der Waals surface area contributed by atoms with E-state index >= 15 is 0 Å². The Morgan fingerprint density at radius 3 is 2.88 bits per heavy atom. The summed E-state index contributed by atoms with van der Waals surface area (Å²) in [6.07, 6.45) is 0.513. The van der Waals surface area contributed by atoms with Crippen LogP contribution >= 0.6 is 0 Å². The Morgan fingerprint density at radius 1 is 1.53 bits per heavy atom. The number of fused-ring (bicyclic) bond motifs is 1. The highest BCUT2D eigenvalue weighted by Crippen LogP contribution is 2.34. The van der Waals surface area contributed by atoms with E-state index in [0.717, 1.165) is 10.5 Å². The third-order valence-corrected chi connectivity index (χ3v) is 3.15. The van der Waals surface area contributed by atoms with Gasteiger partial charge < -0.3 is 14.7 Å². The maximum atomic E-state index is 11.6. The molecule has 0 saturated heterocycles. The summed E-state index contributed by atoms with van der Waals surface area (Å²) < 4.78 is 5.31. The summed E-state index contributed by atoms with van der Waals surface area (Å²) in [7, 11) is 1.45. The maximum Gasteiger partial charge on any atom is 0.336 e. The highest BCUT2D eigenvalue weighted by atomic mass is 16.5. The minimum atomic E-state index is -1.42. The Labute approximate surface area is 98.6 Å². The summed E-state index contributed by atoms with van der Waals surface area (Å²) in [4.78, 5) is 23.6. The van der Waals surface area contributed by atoms with Gasteiger partial charge in [0.1, 0.15) is 0 Å². The van der Waals surface area contributed by atoms with Gasteiger partial charge in [-0.3, -0.25) is 4.79 Å². The molecule has 1 aromatic carbocycles. The Kier molecular flexibility index (Phi) is 2.85. The molecule has 2 rings (SSSR count). The lowest BCUT2D eigenvalue weighted by Gasteiger charge is -2.40. The van der Waals surface area contributed by atoms with E-state index in [-0.39, 0.29) is 6.61 Å². The largest absolute Gasteiger partial charge is 0.479 e. The first kappa shape index (κ1) is 11.6. The van der Waals surface area contributed by atoms with Gasteiger partial charge in [-0.15, -0.1) is 0 Å². The molecule has 0 spiro atoms. The smallest absolute Gasteiger partial charge is 0.336 e. The van der Waals surface area contributed by atoms with Crippen molar-refractivity contribution in [2.45, 2.75) is 12.1 Å². The molecule has 1 aliphatic heterocycles. The molecule has 1 amide bonds. The summed E-state index contributed by atoms with van der Waals surface area (Å²) in [5.41, 5.74) is -0.000417. The van der Waals surface area contributed by atoms with Crippen molar-refractivity contribution in [1.82, 2.24) is 4.90 Å². The molecule has 1 heterocycles. The summed E-state index contributed by atoms with van der Waals surface area (Å²) >= 11 is 0. The number of amides is 1. The number of benzene rings is 1. The van der Waals surface area contributed by atoms with Crippen LogP contribution in [0.15, 0.2) is 24.3 Å². The number of carbonyl (C=O) groups is 2. The van der Waals surface area contributed by atoms with Crippen LogP contribution in [-0.4, -0.2) is 36.0 Å². The van der Waals surface area contributed by atoms with Crippen LogP contribution in [0.1, 0.15) is 11.1 Å². The van der Waals surface area contributed by atoms with Gasteiger partial charge in [0.15, 0.2) is 5.54 Å². The summed E-state index contributed by atoms with van der Waals surface area (Å²) in [6.45, 7) is 0.340. The predicted octanol–water partition coefficient (Wildman–Crippen LogP) is 0.585. The van der Waals surface area contributed by atoms with Crippen molar-refractivity contribution in [3.63, 3.8) is 0 Å². The second-order valence-electron chi connectivity index (χ2n) is 4.03. The molecular weight excluding hydrogens is 222 g/mol. The minimum Gasteiger partial charge on any atom is -0.479 e. The third kappa shape index (κ3) is 1.59. The molecule has 5 heteroatoms. The van der Waals surface area contributed by atoms with Crippen LogP contribution in [0.5, 0.6) is 0 Å². The van der Waals surface area contributed by atoms with E-state index in [1.807, 2.05) is 12.1 Å². The molecule has 1 unspecified atom stereocenters. The van der Waals surface area contributed by atoms with Crippen molar-refractivity contribution in [1.29, 1.82) is 0 Å². The molecule has 90 valence electrons. The van der Waals surface area contributed by atoms with Crippen molar-refractivity contribution < 1.29 is 19.4 Å². The predicted molar refractivity (Wildman–Crippen MR) is 59.2 cm³/mol. The van der Waals surface area contributed by atoms with E-state index in [0.29, 0.717) is 18.6 Å². The zero-order chi connectivity index (χ0) is 12.5. The average Bonchev–Trinajstić information content (AvgIpc) is 2.36. The number of carboxylic acid groups (broad SMARTS) is 1. The monoisotopic (exact) mass is 235 g/mol. The second kappa shape index (κ2) is 4.18. The molecule has 0 saturated carbocycles. The lowest BCUT2D eigenvalue weighted by molar-refractivity contribution is -0.162. The van der Waals surface area contributed by atoms with Gasteiger partial charge in [-0.05, 0) is 11.1 Å². The van der Waals surface area contributed by atoms with Gasteiger partial charge in [-0.25, -0.2) is 4.79 Å². The molecule has 0 radical (unpaired) electrons. The van der Waals surface area contributed by atoms with Crippen molar-refractivity contribution in [2.24, 2.45) is 0 Å². The molecule has 1 atom stereocenters. The Bertz CT molecular complexity index is 460. The van der Waals surface area contributed by atoms with E-state index in [2.05, 4.69) is 0 Å². The maximum absolute atomic E-state index is 11.6. The fourth-order valence-corrected chi connectivity index (χ4v) is 2.15. The number of likely N-dealkylation sites (N-methyl/N-ethyl adjacent to an activating group) is 1. The summed E-state index contributed by atoms with van der Waals surface area (Å²) in [5.74, 6) is -1.08. The molecule has 1 aliphatic rings. The number of carbonyl (C=O) groups excluding carboxylic acids is 1. The van der Waals surface area contributed by atoms with Gasteiger partial charge in [0, 0.05) is 7.05 Å². The number of hydrogen-bond donors (Lipinski definition) is 1. The van der Waals surface area contributed by atoms with E-state index in [1.54, 1.807) is 12.1 Å². The van der Waals surface area contributed by atoms with Crippen LogP contribution in [0.25, 0.3) is 0 Å². The summed E-state index contributed by atoms with van der Waals surface area (Å²) in [5, 5.41) is 9.46. The summed E-state index contributed by atoms with van der Waals surface area (Å²) in [6, 6.07) is 7.12. The SMILES string of the molecule is CN(C=O)C1(C(=O)O)COCc2ccccc21. The topological polar surface area (TPSA) is 66.8 Å². The van der Waals surface area contributed by atoms with Gasteiger partial charge in [0.05, 0.1) is 13.2 Å². The van der Waals surface area contributed by atoms with Crippen molar-refractivity contribution >= 4 is 12.4 Å². The van der Waals surface area contributed by atoms with E-state index in [1.165, 1.54) is 7.05 Å². The molecule has 17 heavy (non-hydrogen) atoms. The molecule has 5 nitrogen and oxygen atoms in total. The molecule has 1 N–H and O–H groups in total.